The number of ether oxygens (including phenoxy) is 1. The summed E-state index contributed by atoms with van der Waals surface area (Å²) in [5, 5.41) is 6.07. The van der Waals surface area contributed by atoms with E-state index in [1.165, 1.54) is 0 Å². The van der Waals surface area contributed by atoms with Crippen LogP contribution in [0.3, 0.4) is 0 Å². The molecule has 0 radical (unpaired) electrons. The van der Waals surface area contributed by atoms with Crippen LogP contribution in [0.4, 0.5) is 5.69 Å². The van der Waals surface area contributed by atoms with Gasteiger partial charge in [0, 0.05) is 11.6 Å². The standard InChI is InChI=1S/C17H15ClN2O3/c18-12-6-2-1-5-11(12)10-19-16(21)9-15-17(22)20-13-7-3-4-8-14(13)23-15/h1-8,15H,9-10H2,(H,19,21)(H,20,22)/t15-/m1/s1. The number of benzene rings is 2. The van der Waals surface area contributed by atoms with Crippen LogP contribution >= 0.6 is 11.6 Å². The van der Waals surface area contributed by atoms with E-state index in [1.54, 1.807) is 24.3 Å². The fourth-order valence-electron chi connectivity index (χ4n) is 2.30. The Kier molecular flexibility index (Phi) is 4.48. The molecule has 1 aliphatic heterocycles. The number of carbonyl (C=O) groups excluding carboxylic acids is 2. The maximum atomic E-state index is 12.0. The Morgan fingerprint density at radius 1 is 1.17 bits per heavy atom. The number of amides is 2. The van der Waals surface area contributed by atoms with Gasteiger partial charge in [-0.05, 0) is 23.8 Å². The average Bonchev–Trinajstić information content (AvgIpc) is 2.55. The number of hydrogen-bond donors (Lipinski definition) is 2. The van der Waals surface area contributed by atoms with Gasteiger partial charge in [-0.15, -0.1) is 0 Å². The molecule has 2 aromatic rings. The highest BCUT2D eigenvalue weighted by molar-refractivity contribution is 6.31. The number of anilines is 1. The van der Waals surface area contributed by atoms with E-state index >= 15 is 0 Å². The van der Waals surface area contributed by atoms with E-state index < -0.39 is 6.10 Å². The molecule has 0 aliphatic carbocycles. The molecule has 0 saturated heterocycles. The molecule has 0 bridgehead atoms. The summed E-state index contributed by atoms with van der Waals surface area (Å²) < 4.78 is 5.59. The fraction of sp³-hybridized carbons (Fsp3) is 0.176. The van der Waals surface area contributed by atoms with Crippen LogP contribution in [-0.4, -0.2) is 17.9 Å². The first-order chi connectivity index (χ1) is 11.1. The van der Waals surface area contributed by atoms with E-state index in [4.69, 9.17) is 16.3 Å². The SMILES string of the molecule is O=C(C[C@H]1Oc2ccccc2NC1=O)NCc1ccccc1Cl. The Morgan fingerprint density at radius 3 is 2.74 bits per heavy atom. The Balaban J connectivity index is 1.58. The molecule has 0 unspecified atom stereocenters. The molecule has 0 spiro atoms. The lowest BCUT2D eigenvalue weighted by Gasteiger charge is -2.25. The smallest absolute Gasteiger partial charge is 0.266 e. The van der Waals surface area contributed by atoms with Crippen molar-refractivity contribution in [3.8, 4) is 5.75 Å². The van der Waals surface area contributed by atoms with Gasteiger partial charge in [0.1, 0.15) is 5.75 Å². The van der Waals surface area contributed by atoms with Gasteiger partial charge in [-0.2, -0.15) is 0 Å². The molecule has 0 fully saturated rings. The summed E-state index contributed by atoms with van der Waals surface area (Å²) in [5.74, 6) is -0.0305. The fourth-order valence-corrected chi connectivity index (χ4v) is 2.51. The van der Waals surface area contributed by atoms with E-state index in [1.807, 2.05) is 24.3 Å². The molecule has 23 heavy (non-hydrogen) atoms. The minimum atomic E-state index is -0.837. The summed E-state index contributed by atoms with van der Waals surface area (Å²) >= 11 is 6.04. The van der Waals surface area contributed by atoms with Crippen molar-refractivity contribution in [3.63, 3.8) is 0 Å². The minimum Gasteiger partial charge on any atom is -0.478 e. The summed E-state index contributed by atoms with van der Waals surface area (Å²) in [4.78, 5) is 24.0. The van der Waals surface area contributed by atoms with Gasteiger partial charge in [-0.1, -0.05) is 41.9 Å². The molecule has 5 nitrogen and oxygen atoms in total. The molecule has 1 atom stereocenters. The summed E-state index contributed by atoms with van der Waals surface area (Å²) in [6.45, 7) is 0.309. The summed E-state index contributed by atoms with van der Waals surface area (Å²) in [5.41, 5.74) is 1.44. The van der Waals surface area contributed by atoms with Crippen LogP contribution in [0, 0.1) is 0 Å². The second-order valence-corrected chi connectivity index (χ2v) is 5.57. The van der Waals surface area contributed by atoms with Crippen LogP contribution < -0.4 is 15.4 Å². The minimum absolute atomic E-state index is 0.0510. The van der Waals surface area contributed by atoms with Crippen molar-refractivity contribution < 1.29 is 14.3 Å². The van der Waals surface area contributed by atoms with Crippen LogP contribution in [0.2, 0.25) is 5.02 Å². The summed E-state index contributed by atoms with van der Waals surface area (Å²) in [7, 11) is 0. The van der Waals surface area contributed by atoms with Gasteiger partial charge in [0.05, 0.1) is 12.1 Å². The van der Waals surface area contributed by atoms with Gasteiger partial charge in [0.2, 0.25) is 5.91 Å². The lowest BCUT2D eigenvalue weighted by molar-refractivity contribution is -0.130. The topological polar surface area (TPSA) is 67.4 Å². The van der Waals surface area contributed by atoms with Crippen LogP contribution in [0.15, 0.2) is 48.5 Å². The molecule has 3 rings (SSSR count). The number of rotatable bonds is 4. The zero-order valence-corrected chi connectivity index (χ0v) is 13.0. The van der Waals surface area contributed by atoms with E-state index in [-0.39, 0.29) is 18.2 Å². The van der Waals surface area contributed by atoms with Crippen molar-refractivity contribution in [1.82, 2.24) is 5.32 Å². The maximum absolute atomic E-state index is 12.0. The van der Waals surface area contributed by atoms with Crippen LogP contribution in [0.5, 0.6) is 5.75 Å². The highest BCUT2D eigenvalue weighted by atomic mass is 35.5. The molecule has 1 aliphatic rings. The number of hydrogen-bond acceptors (Lipinski definition) is 3. The predicted octanol–water partition coefficient (Wildman–Crippen LogP) is 2.75. The Bertz CT molecular complexity index is 748. The lowest BCUT2D eigenvalue weighted by Crippen LogP contribution is -2.40. The van der Waals surface area contributed by atoms with Crippen molar-refractivity contribution in [1.29, 1.82) is 0 Å². The van der Waals surface area contributed by atoms with Crippen LogP contribution in [0.25, 0.3) is 0 Å². The molecular formula is C17H15ClN2O3. The van der Waals surface area contributed by atoms with E-state index in [0.717, 1.165) is 5.56 Å². The first-order valence-corrected chi connectivity index (χ1v) is 7.58. The predicted molar refractivity (Wildman–Crippen MR) is 87.4 cm³/mol. The van der Waals surface area contributed by atoms with Gasteiger partial charge in [-0.25, -0.2) is 0 Å². The van der Waals surface area contributed by atoms with Crippen molar-refractivity contribution in [2.45, 2.75) is 19.1 Å². The second kappa shape index (κ2) is 6.71. The second-order valence-electron chi connectivity index (χ2n) is 5.16. The monoisotopic (exact) mass is 330 g/mol. The average molecular weight is 331 g/mol. The quantitative estimate of drug-likeness (QED) is 0.905. The van der Waals surface area contributed by atoms with E-state index in [0.29, 0.717) is 23.0 Å². The zero-order chi connectivity index (χ0) is 16.2. The number of fused-ring (bicyclic) bond motifs is 1. The van der Waals surface area contributed by atoms with E-state index in [9.17, 15) is 9.59 Å². The molecule has 0 saturated carbocycles. The normalized spacial score (nSPS) is 16.0. The Hall–Kier alpha value is -2.53. The van der Waals surface area contributed by atoms with E-state index in [2.05, 4.69) is 10.6 Å². The third-order valence-electron chi connectivity index (χ3n) is 3.51. The lowest BCUT2D eigenvalue weighted by atomic mass is 10.1. The summed E-state index contributed by atoms with van der Waals surface area (Å²) in [6.07, 6.45) is -0.888. The van der Waals surface area contributed by atoms with Crippen LogP contribution in [0.1, 0.15) is 12.0 Å². The first-order valence-electron chi connectivity index (χ1n) is 7.20. The third kappa shape index (κ3) is 3.63. The van der Waals surface area contributed by atoms with Gasteiger partial charge >= 0.3 is 0 Å². The largest absolute Gasteiger partial charge is 0.478 e. The molecule has 2 N–H and O–H groups in total. The Morgan fingerprint density at radius 2 is 1.91 bits per heavy atom. The third-order valence-corrected chi connectivity index (χ3v) is 3.88. The molecule has 1 heterocycles. The summed E-state index contributed by atoms with van der Waals surface area (Å²) in [6, 6.07) is 14.4. The highest BCUT2D eigenvalue weighted by Gasteiger charge is 2.29. The molecular weight excluding hydrogens is 316 g/mol. The van der Waals surface area contributed by atoms with Crippen molar-refractivity contribution in [2.75, 3.05) is 5.32 Å². The highest BCUT2D eigenvalue weighted by Crippen LogP contribution is 2.29. The number of halogens is 1. The first kappa shape index (κ1) is 15.4. The van der Waals surface area contributed by atoms with Gasteiger partial charge in [0.25, 0.3) is 5.91 Å². The van der Waals surface area contributed by atoms with Gasteiger partial charge < -0.3 is 15.4 Å². The number of carbonyl (C=O) groups is 2. The van der Waals surface area contributed by atoms with Gasteiger partial charge in [0.15, 0.2) is 6.10 Å². The van der Waals surface area contributed by atoms with Crippen LogP contribution in [-0.2, 0) is 16.1 Å². The molecule has 6 heteroatoms. The zero-order valence-electron chi connectivity index (χ0n) is 12.2. The van der Waals surface area contributed by atoms with Crippen molar-refractivity contribution in [2.24, 2.45) is 0 Å². The van der Waals surface area contributed by atoms with Gasteiger partial charge in [-0.3, -0.25) is 9.59 Å². The molecule has 2 amide bonds. The van der Waals surface area contributed by atoms with Crippen molar-refractivity contribution in [3.05, 3.63) is 59.1 Å². The number of nitrogens with one attached hydrogen (secondary N) is 2. The molecule has 118 valence electrons. The maximum Gasteiger partial charge on any atom is 0.266 e. The molecule has 2 aromatic carbocycles. The molecule has 0 aromatic heterocycles. The number of para-hydroxylation sites is 2. The van der Waals surface area contributed by atoms with Crippen molar-refractivity contribution >= 4 is 29.1 Å². The Labute approximate surface area is 138 Å².